The van der Waals surface area contributed by atoms with E-state index in [0.717, 1.165) is 49.9 Å². The molecular formula is C27H38N5O5S2+. The van der Waals surface area contributed by atoms with Gasteiger partial charge in [0.2, 0.25) is 0 Å². The molecule has 0 unspecified atom stereocenters. The van der Waals surface area contributed by atoms with Crippen molar-refractivity contribution in [2.24, 2.45) is 0 Å². The lowest BCUT2D eigenvalue weighted by Gasteiger charge is -2.36. The van der Waals surface area contributed by atoms with Crippen LogP contribution in [0.15, 0.2) is 10.8 Å². The first kappa shape index (κ1) is 29.2. The second-order valence-corrected chi connectivity index (χ2v) is 12.2. The van der Waals surface area contributed by atoms with Crippen molar-refractivity contribution in [3.8, 4) is 0 Å². The number of likely N-dealkylation sites (tertiary alicyclic amines) is 1. The molecule has 0 spiro atoms. The van der Waals surface area contributed by atoms with Gasteiger partial charge in [0, 0.05) is 26.2 Å². The molecule has 2 saturated heterocycles. The zero-order valence-corrected chi connectivity index (χ0v) is 24.5. The summed E-state index contributed by atoms with van der Waals surface area (Å²) < 4.78 is 5.20. The fraction of sp³-hybridized carbons (Fsp3) is 0.556. The molecule has 212 valence electrons. The van der Waals surface area contributed by atoms with Gasteiger partial charge < -0.3 is 30.1 Å². The highest BCUT2D eigenvalue weighted by molar-refractivity contribution is 7.13. The number of methoxy groups -OCH3 is 1. The topological polar surface area (TPSA) is 117 Å². The molecular weight excluding hydrogens is 538 g/mol. The highest BCUT2D eigenvalue weighted by atomic mass is 32.1. The lowest BCUT2D eigenvalue weighted by Crippen LogP contribution is -2.56. The van der Waals surface area contributed by atoms with Crippen LogP contribution in [0.2, 0.25) is 0 Å². The fourth-order valence-electron chi connectivity index (χ4n) is 5.31. The van der Waals surface area contributed by atoms with Crippen LogP contribution >= 0.6 is 22.7 Å². The number of piperazine rings is 1. The summed E-state index contributed by atoms with van der Waals surface area (Å²) in [6, 6.07) is 0. The Labute approximate surface area is 237 Å². The van der Waals surface area contributed by atoms with Gasteiger partial charge >= 0.3 is 5.97 Å². The highest BCUT2D eigenvalue weighted by Gasteiger charge is 2.35. The van der Waals surface area contributed by atoms with E-state index in [9.17, 15) is 19.2 Å². The number of hydrogen-bond acceptors (Lipinski definition) is 8. The van der Waals surface area contributed by atoms with E-state index >= 15 is 0 Å². The largest absolute Gasteiger partial charge is 0.465 e. The number of rotatable bonds is 8. The highest BCUT2D eigenvalue weighted by Crippen LogP contribution is 2.31. The van der Waals surface area contributed by atoms with Gasteiger partial charge in [0.05, 0.1) is 31.6 Å². The zero-order chi connectivity index (χ0) is 28.0. The molecule has 12 heteroatoms. The quantitative estimate of drug-likeness (QED) is 0.328. The summed E-state index contributed by atoms with van der Waals surface area (Å²) >= 11 is 2.59. The summed E-state index contributed by atoms with van der Waals surface area (Å²) in [5.41, 5.74) is 2.70. The van der Waals surface area contributed by atoms with Gasteiger partial charge in [-0.3, -0.25) is 14.4 Å². The minimum Gasteiger partial charge on any atom is -0.465 e. The average Bonchev–Trinajstić information content (AvgIpc) is 3.37. The van der Waals surface area contributed by atoms with E-state index in [1.165, 1.54) is 29.8 Å². The first-order valence-corrected chi connectivity index (χ1v) is 15.2. The SMILES string of the molecule is COC(=O)c1scc(C)c1NC(=O)C[N+]1(CC(=O)Nc2c(C)csc2C(=O)N2CCNCC2)CCCCCC1. The Morgan fingerprint density at radius 1 is 0.872 bits per heavy atom. The molecule has 2 fully saturated rings. The molecule has 0 aliphatic carbocycles. The smallest absolute Gasteiger partial charge is 0.350 e. The van der Waals surface area contributed by atoms with Crippen LogP contribution in [-0.2, 0) is 14.3 Å². The normalized spacial score (nSPS) is 17.3. The summed E-state index contributed by atoms with van der Waals surface area (Å²) in [7, 11) is 1.32. The molecule has 39 heavy (non-hydrogen) atoms. The number of thiophene rings is 2. The minimum atomic E-state index is -0.487. The Morgan fingerprint density at radius 3 is 1.92 bits per heavy atom. The number of ether oxygens (including phenoxy) is 1. The number of anilines is 2. The number of hydrogen-bond donors (Lipinski definition) is 3. The second-order valence-electron chi connectivity index (χ2n) is 10.4. The maximum atomic E-state index is 13.5. The Hall–Kier alpha value is -2.80. The van der Waals surface area contributed by atoms with Gasteiger partial charge in [-0.25, -0.2) is 4.79 Å². The molecule has 0 atom stereocenters. The molecule has 0 saturated carbocycles. The van der Waals surface area contributed by atoms with Crippen molar-refractivity contribution in [3.05, 3.63) is 31.6 Å². The number of carbonyl (C=O) groups is 4. The summed E-state index contributed by atoms with van der Waals surface area (Å²) in [6.07, 6.45) is 3.98. The number of aryl methyl sites for hydroxylation is 2. The van der Waals surface area contributed by atoms with Gasteiger partial charge in [0.25, 0.3) is 17.7 Å². The van der Waals surface area contributed by atoms with Gasteiger partial charge in [-0.15, -0.1) is 22.7 Å². The van der Waals surface area contributed by atoms with Crippen LogP contribution in [0.5, 0.6) is 0 Å². The first-order valence-electron chi connectivity index (χ1n) is 13.4. The van der Waals surface area contributed by atoms with E-state index < -0.39 is 5.97 Å². The first-order chi connectivity index (χ1) is 18.7. The molecule has 10 nitrogen and oxygen atoms in total. The van der Waals surface area contributed by atoms with Crippen molar-refractivity contribution in [2.75, 3.05) is 70.1 Å². The number of quaternary nitrogens is 1. The van der Waals surface area contributed by atoms with Gasteiger partial charge in [-0.1, -0.05) is 0 Å². The Balaban J connectivity index is 1.49. The Bertz CT molecular complexity index is 1210. The van der Waals surface area contributed by atoms with Crippen molar-refractivity contribution in [3.63, 3.8) is 0 Å². The van der Waals surface area contributed by atoms with Crippen molar-refractivity contribution in [2.45, 2.75) is 39.5 Å². The predicted molar refractivity (Wildman–Crippen MR) is 154 cm³/mol. The van der Waals surface area contributed by atoms with Gasteiger partial charge in [-0.2, -0.15) is 0 Å². The molecule has 2 aromatic rings. The molecule has 2 aliphatic heterocycles. The van der Waals surface area contributed by atoms with Crippen molar-refractivity contribution >= 4 is 57.7 Å². The molecule has 0 aromatic carbocycles. The third-order valence-electron chi connectivity index (χ3n) is 7.42. The predicted octanol–water partition coefficient (Wildman–Crippen LogP) is 3.23. The van der Waals surface area contributed by atoms with Crippen molar-refractivity contribution in [1.82, 2.24) is 10.2 Å². The molecule has 3 N–H and O–H groups in total. The summed E-state index contributed by atoms with van der Waals surface area (Å²) in [4.78, 5) is 54.9. The van der Waals surface area contributed by atoms with Crippen LogP contribution in [0.4, 0.5) is 11.4 Å². The van der Waals surface area contributed by atoms with Gasteiger partial charge in [0.15, 0.2) is 13.1 Å². The minimum absolute atomic E-state index is 0.0597. The van der Waals surface area contributed by atoms with Crippen LogP contribution in [0, 0.1) is 13.8 Å². The maximum Gasteiger partial charge on any atom is 0.350 e. The van der Waals surface area contributed by atoms with Gasteiger partial charge in [0.1, 0.15) is 9.75 Å². The van der Waals surface area contributed by atoms with Gasteiger partial charge in [-0.05, 0) is 61.4 Å². The van der Waals surface area contributed by atoms with Crippen molar-refractivity contribution in [1.29, 1.82) is 0 Å². The molecule has 2 aromatic heterocycles. The third kappa shape index (κ3) is 7.05. The summed E-state index contributed by atoms with van der Waals surface area (Å²) in [6.45, 7) is 8.20. The summed E-state index contributed by atoms with van der Waals surface area (Å²) in [5, 5.41) is 12.9. The van der Waals surface area contributed by atoms with Crippen LogP contribution in [0.3, 0.4) is 0 Å². The number of amides is 3. The fourth-order valence-corrected chi connectivity index (χ4v) is 7.20. The van der Waals surface area contributed by atoms with E-state index in [4.69, 9.17) is 4.74 Å². The standard InChI is InChI=1S/C27H37N5O5S2/c1-18-16-38-24(26(35)31-10-8-28-9-11-31)22(18)29-20(33)14-32(12-6-4-5-7-13-32)15-21(34)30-23-19(2)17-39-25(23)27(36)37-3/h16-17,28H,4-15H2,1-3H3,(H-,29,30,33,34,35,36)/p+1. The lowest BCUT2D eigenvalue weighted by atomic mass is 10.2. The number of nitrogens with one attached hydrogen (secondary N) is 3. The number of esters is 1. The Morgan fingerprint density at radius 2 is 1.38 bits per heavy atom. The van der Waals surface area contributed by atoms with Crippen LogP contribution < -0.4 is 16.0 Å². The Kier molecular flexibility index (Phi) is 9.76. The molecule has 0 bridgehead atoms. The molecule has 2 aliphatic rings. The van der Waals surface area contributed by atoms with Crippen LogP contribution in [0.1, 0.15) is 56.2 Å². The monoisotopic (exact) mass is 576 g/mol. The van der Waals surface area contributed by atoms with E-state index in [2.05, 4.69) is 16.0 Å². The van der Waals surface area contributed by atoms with Crippen LogP contribution in [-0.4, -0.2) is 92.5 Å². The lowest BCUT2D eigenvalue weighted by molar-refractivity contribution is -0.912. The van der Waals surface area contributed by atoms with E-state index in [1.54, 1.807) is 0 Å². The average molecular weight is 577 g/mol. The zero-order valence-electron chi connectivity index (χ0n) is 22.9. The molecule has 3 amide bonds. The van der Waals surface area contributed by atoms with Crippen molar-refractivity contribution < 1.29 is 28.4 Å². The van der Waals surface area contributed by atoms with E-state index in [-0.39, 0.29) is 30.8 Å². The van der Waals surface area contributed by atoms with E-state index in [0.29, 0.717) is 51.8 Å². The summed E-state index contributed by atoms with van der Waals surface area (Å²) in [5.74, 6) is -0.991. The number of nitrogens with zero attached hydrogens (tertiary/aromatic N) is 2. The third-order valence-corrected chi connectivity index (χ3v) is 9.58. The van der Waals surface area contributed by atoms with Crippen LogP contribution in [0.25, 0.3) is 0 Å². The van der Waals surface area contributed by atoms with E-state index in [1.807, 2.05) is 29.5 Å². The second kappa shape index (κ2) is 13.0. The molecule has 0 radical (unpaired) electrons. The molecule has 4 heterocycles. The maximum absolute atomic E-state index is 13.5. The molecule has 4 rings (SSSR count). The number of carbonyl (C=O) groups excluding carboxylic acids is 4.